The molecular formula is C11H16N2O2S. The van der Waals surface area contributed by atoms with Crippen molar-refractivity contribution in [1.29, 1.82) is 0 Å². The van der Waals surface area contributed by atoms with E-state index in [1.54, 1.807) is 16.2 Å². The molecule has 0 aromatic carbocycles. The maximum absolute atomic E-state index is 11.2. The third-order valence-corrected chi connectivity index (χ3v) is 3.50. The number of nitrogens with zero attached hydrogens (tertiary/aromatic N) is 2. The molecule has 1 amide bonds. The Kier molecular flexibility index (Phi) is 3.77. The number of hydrogen-bond acceptors (Lipinski definition) is 4. The normalized spacial score (nSPS) is 15.6. The number of ether oxygens (including phenoxy) is 1. The molecule has 0 N–H and O–H groups in total. The number of carbonyl (C=O) groups is 1. The zero-order chi connectivity index (χ0) is 11.4. The minimum absolute atomic E-state index is 0.190. The van der Waals surface area contributed by atoms with E-state index < -0.39 is 0 Å². The zero-order valence-electron chi connectivity index (χ0n) is 9.44. The predicted octanol–water partition coefficient (Wildman–Crippen LogP) is 2.09. The van der Waals surface area contributed by atoms with E-state index >= 15 is 0 Å². The van der Waals surface area contributed by atoms with Crippen molar-refractivity contribution in [2.75, 3.05) is 19.7 Å². The van der Waals surface area contributed by atoms with E-state index in [0.29, 0.717) is 13.2 Å². The molecule has 0 atom stereocenters. The number of thiazole rings is 1. The number of cyclic esters (lactones) is 1. The first-order valence-electron chi connectivity index (χ1n) is 5.64. The molecule has 0 bridgehead atoms. The molecule has 1 fully saturated rings. The number of aryl methyl sites for hydroxylation is 1. The van der Waals surface area contributed by atoms with Crippen molar-refractivity contribution in [1.82, 2.24) is 9.88 Å². The second-order valence-corrected chi connectivity index (χ2v) is 4.78. The molecule has 1 aromatic rings. The van der Waals surface area contributed by atoms with Crippen molar-refractivity contribution in [3.63, 3.8) is 0 Å². The van der Waals surface area contributed by atoms with E-state index in [-0.39, 0.29) is 6.09 Å². The number of hydrogen-bond donors (Lipinski definition) is 0. The summed E-state index contributed by atoms with van der Waals surface area (Å²) in [6, 6.07) is 0. The average molecular weight is 240 g/mol. The smallest absolute Gasteiger partial charge is 0.409 e. The van der Waals surface area contributed by atoms with Crippen molar-refractivity contribution in [3.05, 3.63) is 16.1 Å². The number of amides is 1. The molecule has 1 aromatic heterocycles. The maximum Gasteiger partial charge on any atom is 0.409 e. The summed E-state index contributed by atoms with van der Waals surface area (Å²) in [6.45, 7) is 4.11. The van der Waals surface area contributed by atoms with Crippen LogP contribution in [0.25, 0.3) is 0 Å². The summed E-state index contributed by atoms with van der Waals surface area (Å²) in [6.07, 6.45) is 2.82. The van der Waals surface area contributed by atoms with E-state index in [2.05, 4.69) is 17.3 Å². The van der Waals surface area contributed by atoms with Gasteiger partial charge in [0.2, 0.25) is 0 Å². The fraction of sp³-hybridized carbons (Fsp3) is 0.636. The van der Waals surface area contributed by atoms with E-state index in [1.165, 1.54) is 5.69 Å². The molecule has 4 nitrogen and oxygen atoms in total. The largest absolute Gasteiger partial charge is 0.448 e. The van der Waals surface area contributed by atoms with Crippen LogP contribution in [-0.4, -0.2) is 35.7 Å². The Morgan fingerprint density at radius 3 is 3.12 bits per heavy atom. The highest BCUT2D eigenvalue weighted by Crippen LogP contribution is 2.13. The van der Waals surface area contributed by atoms with Crippen LogP contribution in [0.4, 0.5) is 4.79 Å². The Labute approximate surface area is 99.2 Å². The SMILES string of the molecule is CCCc1csc(CCN2CCOC2=O)n1. The van der Waals surface area contributed by atoms with Gasteiger partial charge in [0.1, 0.15) is 6.61 Å². The summed E-state index contributed by atoms with van der Waals surface area (Å²) in [5.41, 5.74) is 1.17. The molecule has 1 aliphatic heterocycles. The molecule has 1 aliphatic rings. The van der Waals surface area contributed by atoms with Crippen LogP contribution in [0.5, 0.6) is 0 Å². The van der Waals surface area contributed by atoms with Crippen molar-refractivity contribution in [2.45, 2.75) is 26.2 Å². The van der Waals surface area contributed by atoms with Gasteiger partial charge >= 0.3 is 6.09 Å². The molecule has 16 heavy (non-hydrogen) atoms. The van der Waals surface area contributed by atoms with Crippen LogP contribution < -0.4 is 0 Å². The highest BCUT2D eigenvalue weighted by atomic mass is 32.1. The van der Waals surface area contributed by atoms with Crippen molar-refractivity contribution < 1.29 is 9.53 Å². The summed E-state index contributed by atoms with van der Waals surface area (Å²) in [5, 5.41) is 3.23. The van der Waals surface area contributed by atoms with Gasteiger partial charge in [0.05, 0.1) is 17.2 Å². The molecule has 0 saturated carbocycles. The van der Waals surface area contributed by atoms with E-state index in [9.17, 15) is 4.79 Å². The van der Waals surface area contributed by atoms with Gasteiger partial charge in [-0.25, -0.2) is 9.78 Å². The number of carbonyl (C=O) groups excluding carboxylic acids is 1. The molecule has 0 radical (unpaired) electrons. The summed E-state index contributed by atoms with van der Waals surface area (Å²) >= 11 is 1.68. The van der Waals surface area contributed by atoms with Gasteiger partial charge in [-0.05, 0) is 6.42 Å². The third-order valence-electron chi connectivity index (χ3n) is 2.55. The summed E-state index contributed by atoms with van der Waals surface area (Å²) in [5.74, 6) is 0. The lowest BCUT2D eigenvalue weighted by atomic mass is 10.3. The van der Waals surface area contributed by atoms with Crippen molar-refractivity contribution in [3.8, 4) is 0 Å². The van der Waals surface area contributed by atoms with E-state index in [1.807, 2.05) is 0 Å². The first kappa shape index (κ1) is 11.4. The summed E-state index contributed by atoms with van der Waals surface area (Å²) in [7, 11) is 0. The minimum atomic E-state index is -0.190. The maximum atomic E-state index is 11.2. The van der Waals surface area contributed by atoms with Crippen molar-refractivity contribution >= 4 is 17.4 Å². The van der Waals surface area contributed by atoms with Gasteiger partial charge in [0.25, 0.3) is 0 Å². The first-order valence-corrected chi connectivity index (χ1v) is 6.52. The molecule has 1 saturated heterocycles. The topological polar surface area (TPSA) is 42.4 Å². The average Bonchev–Trinajstić information content (AvgIpc) is 2.86. The molecule has 0 unspecified atom stereocenters. The Morgan fingerprint density at radius 1 is 1.56 bits per heavy atom. The quantitative estimate of drug-likeness (QED) is 0.791. The number of aromatic nitrogens is 1. The molecular weight excluding hydrogens is 224 g/mol. The van der Waals surface area contributed by atoms with Gasteiger partial charge < -0.3 is 9.64 Å². The predicted molar refractivity (Wildman–Crippen MR) is 62.7 cm³/mol. The molecule has 2 rings (SSSR count). The van der Waals surface area contributed by atoms with Crippen molar-refractivity contribution in [2.24, 2.45) is 0 Å². The van der Waals surface area contributed by atoms with Crippen LogP contribution in [0.2, 0.25) is 0 Å². The third kappa shape index (κ3) is 2.72. The molecule has 88 valence electrons. The van der Waals surface area contributed by atoms with Crippen LogP contribution in [0.3, 0.4) is 0 Å². The van der Waals surface area contributed by atoms with Crippen LogP contribution in [0.1, 0.15) is 24.0 Å². The highest BCUT2D eigenvalue weighted by Gasteiger charge is 2.21. The van der Waals surface area contributed by atoms with E-state index in [4.69, 9.17) is 4.74 Å². The minimum Gasteiger partial charge on any atom is -0.448 e. The van der Waals surface area contributed by atoms with Crippen LogP contribution >= 0.6 is 11.3 Å². The summed E-state index contributed by atoms with van der Waals surface area (Å²) in [4.78, 5) is 17.5. The molecule has 0 aliphatic carbocycles. The fourth-order valence-corrected chi connectivity index (χ4v) is 2.52. The lowest BCUT2D eigenvalue weighted by Gasteiger charge is -2.10. The monoisotopic (exact) mass is 240 g/mol. The summed E-state index contributed by atoms with van der Waals surface area (Å²) < 4.78 is 4.87. The van der Waals surface area contributed by atoms with Gasteiger partial charge in [-0.15, -0.1) is 11.3 Å². The molecule has 5 heteroatoms. The Balaban J connectivity index is 1.82. The van der Waals surface area contributed by atoms with Gasteiger partial charge in [0.15, 0.2) is 0 Å². The highest BCUT2D eigenvalue weighted by molar-refractivity contribution is 7.09. The molecule has 2 heterocycles. The van der Waals surface area contributed by atoms with Gasteiger partial charge in [-0.2, -0.15) is 0 Å². The van der Waals surface area contributed by atoms with E-state index in [0.717, 1.165) is 30.8 Å². The van der Waals surface area contributed by atoms with Crippen LogP contribution in [0, 0.1) is 0 Å². The fourth-order valence-electron chi connectivity index (χ4n) is 1.69. The molecule has 0 spiro atoms. The lowest BCUT2D eigenvalue weighted by Crippen LogP contribution is -2.26. The second kappa shape index (κ2) is 5.30. The standard InChI is InChI=1S/C11H16N2O2S/c1-2-3-9-8-16-10(12-9)4-5-13-6-7-15-11(13)14/h8H,2-7H2,1H3. The van der Waals surface area contributed by atoms with Gasteiger partial charge in [-0.3, -0.25) is 0 Å². The van der Waals surface area contributed by atoms with Crippen LogP contribution in [-0.2, 0) is 17.6 Å². The van der Waals surface area contributed by atoms with Crippen LogP contribution in [0.15, 0.2) is 5.38 Å². The Morgan fingerprint density at radius 2 is 2.44 bits per heavy atom. The number of rotatable bonds is 5. The first-order chi connectivity index (χ1) is 7.79. The zero-order valence-corrected chi connectivity index (χ0v) is 10.3. The Bertz CT molecular complexity index is 365. The van der Waals surface area contributed by atoms with Gasteiger partial charge in [0, 0.05) is 18.3 Å². The van der Waals surface area contributed by atoms with Gasteiger partial charge in [-0.1, -0.05) is 13.3 Å². The lowest BCUT2D eigenvalue weighted by molar-refractivity contribution is 0.159. The Hall–Kier alpha value is -1.10. The second-order valence-electron chi connectivity index (χ2n) is 3.83.